The number of rotatable bonds is 5. The number of nitriles is 1. The van der Waals surface area contributed by atoms with Crippen LogP contribution in [0.25, 0.3) is 0 Å². The first-order valence-corrected chi connectivity index (χ1v) is 10.6. The number of nitrogens with one attached hydrogen (secondary N) is 1. The van der Waals surface area contributed by atoms with Crippen LogP contribution in [0.15, 0.2) is 18.2 Å². The molecule has 0 bridgehead atoms. The van der Waals surface area contributed by atoms with Crippen molar-refractivity contribution in [2.75, 3.05) is 13.7 Å². The lowest BCUT2D eigenvalue weighted by atomic mass is 9.55. The summed E-state index contributed by atoms with van der Waals surface area (Å²) in [7, 11) is 1.76. The van der Waals surface area contributed by atoms with Gasteiger partial charge < -0.3 is 10.1 Å². The molecule has 1 amide bonds. The van der Waals surface area contributed by atoms with Crippen molar-refractivity contribution in [3.63, 3.8) is 0 Å². The fourth-order valence-corrected chi connectivity index (χ4v) is 5.11. The van der Waals surface area contributed by atoms with E-state index in [4.69, 9.17) is 4.74 Å². The minimum Gasteiger partial charge on any atom is -0.381 e. The molecule has 1 aromatic carbocycles. The standard InChI is InChI=1S/C24H34N2O2/c1-23(2)12-11-19-15-17(16-25)5-10-21(19)24(23,3)13-14-26-22(27)18-6-8-20(28-4)9-7-18/h5,10,15,18,20H,6-9,11-14H2,1-4H3,(H,26,27). The molecule has 1 unspecified atom stereocenters. The van der Waals surface area contributed by atoms with Crippen molar-refractivity contribution in [3.8, 4) is 6.07 Å². The van der Waals surface area contributed by atoms with E-state index in [9.17, 15) is 10.1 Å². The van der Waals surface area contributed by atoms with Crippen molar-refractivity contribution in [1.82, 2.24) is 5.32 Å². The lowest BCUT2D eigenvalue weighted by molar-refractivity contribution is -0.126. The van der Waals surface area contributed by atoms with Gasteiger partial charge in [-0.2, -0.15) is 5.26 Å². The summed E-state index contributed by atoms with van der Waals surface area (Å²) in [6.45, 7) is 7.69. The molecule has 2 aliphatic rings. The highest BCUT2D eigenvalue weighted by Gasteiger charge is 2.45. The molecule has 0 radical (unpaired) electrons. The first kappa shape index (κ1) is 20.9. The van der Waals surface area contributed by atoms with Crippen LogP contribution in [0, 0.1) is 22.7 Å². The van der Waals surface area contributed by atoms with E-state index in [0.717, 1.165) is 50.5 Å². The summed E-state index contributed by atoms with van der Waals surface area (Å²) in [5.74, 6) is 0.330. The normalized spacial score (nSPS) is 28.8. The summed E-state index contributed by atoms with van der Waals surface area (Å²) >= 11 is 0. The van der Waals surface area contributed by atoms with E-state index in [1.807, 2.05) is 6.07 Å². The molecule has 0 aliphatic heterocycles. The topological polar surface area (TPSA) is 62.1 Å². The summed E-state index contributed by atoms with van der Waals surface area (Å²) in [4.78, 5) is 12.6. The summed E-state index contributed by atoms with van der Waals surface area (Å²) < 4.78 is 5.41. The molecule has 4 nitrogen and oxygen atoms in total. The van der Waals surface area contributed by atoms with E-state index in [0.29, 0.717) is 12.6 Å². The summed E-state index contributed by atoms with van der Waals surface area (Å²) in [5.41, 5.74) is 3.51. The zero-order valence-corrected chi connectivity index (χ0v) is 17.8. The van der Waals surface area contributed by atoms with Gasteiger partial charge in [-0.1, -0.05) is 26.8 Å². The Morgan fingerprint density at radius 1 is 1.25 bits per heavy atom. The Morgan fingerprint density at radius 3 is 2.61 bits per heavy atom. The number of hydrogen-bond donors (Lipinski definition) is 1. The molecule has 1 saturated carbocycles. The Labute approximate surface area is 169 Å². The number of ether oxygens (including phenoxy) is 1. The number of fused-ring (bicyclic) bond motifs is 1. The number of nitrogens with zero attached hydrogens (tertiary/aromatic N) is 1. The molecule has 152 valence electrons. The van der Waals surface area contributed by atoms with Crippen LogP contribution >= 0.6 is 0 Å². The highest BCUT2D eigenvalue weighted by Crippen LogP contribution is 2.51. The van der Waals surface area contributed by atoms with Gasteiger partial charge in [-0.25, -0.2) is 0 Å². The number of carbonyl (C=O) groups excluding carboxylic acids is 1. The largest absolute Gasteiger partial charge is 0.381 e. The first-order valence-electron chi connectivity index (χ1n) is 10.6. The van der Waals surface area contributed by atoms with Crippen LogP contribution < -0.4 is 5.32 Å². The number of hydrogen-bond acceptors (Lipinski definition) is 3. The molecule has 4 heteroatoms. The van der Waals surface area contributed by atoms with Crippen LogP contribution in [0.4, 0.5) is 0 Å². The zero-order chi connectivity index (χ0) is 20.4. The second kappa shape index (κ2) is 8.25. The third kappa shape index (κ3) is 3.96. The van der Waals surface area contributed by atoms with E-state index in [1.54, 1.807) is 7.11 Å². The van der Waals surface area contributed by atoms with Gasteiger partial charge in [0.25, 0.3) is 0 Å². The molecular weight excluding hydrogens is 348 g/mol. The van der Waals surface area contributed by atoms with E-state index >= 15 is 0 Å². The molecule has 0 heterocycles. The number of amides is 1. The van der Waals surface area contributed by atoms with Crippen LogP contribution in [0.2, 0.25) is 0 Å². The van der Waals surface area contributed by atoms with Crippen molar-refractivity contribution in [2.24, 2.45) is 11.3 Å². The Balaban J connectivity index is 1.66. The molecule has 0 aromatic heterocycles. The minimum atomic E-state index is -0.0183. The van der Waals surface area contributed by atoms with Gasteiger partial charge in [0.15, 0.2) is 0 Å². The average molecular weight is 383 g/mol. The Bertz CT molecular complexity index is 756. The smallest absolute Gasteiger partial charge is 0.223 e. The second-order valence-electron chi connectivity index (χ2n) is 9.45. The number of carbonyl (C=O) groups is 1. The highest BCUT2D eigenvalue weighted by molar-refractivity contribution is 5.78. The predicted molar refractivity (Wildman–Crippen MR) is 111 cm³/mol. The van der Waals surface area contributed by atoms with Gasteiger partial charge in [0, 0.05) is 19.6 Å². The number of benzene rings is 1. The quantitative estimate of drug-likeness (QED) is 0.815. The van der Waals surface area contributed by atoms with Crippen molar-refractivity contribution in [3.05, 3.63) is 34.9 Å². The number of methoxy groups -OCH3 is 1. The predicted octanol–water partition coefficient (Wildman–Crippen LogP) is 4.50. The number of aryl methyl sites for hydroxylation is 1. The van der Waals surface area contributed by atoms with Gasteiger partial charge in [-0.3, -0.25) is 4.79 Å². The summed E-state index contributed by atoms with van der Waals surface area (Å²) in [5, 5.41) is 12.4. The van der Waals surface area contributed by atoms with Crippen LogP contribution in [0.5, 0.6) is 0 Å². The molecule has 1 aromatic rings. The van der Waals surface area contributed by atoms with Gasteiger partial charge >= 0.3 is 0 Å². The molecule has 3 rings (SSSR count). The Morgan fingerprint density at radius 2 is 1.96 bits per heavy atom. The third-order valence-corrected chi connectivity index (χ3v) is 7.64. The fraction of sp³-hybridized carbons (Fsp3) is 0.667. The van der Waals surface area contributed by atoms with E-state index in [1.165, 1.54) is 11.1 Å². The molecule has 0 spiro atoms. The van der Waals surface area contributed by atoms with E-state index in [2.05, 4.69) is 44.3 Å². The molecular formula is C24H34N2O2. The van der Waals surface area contributed by atoms with Gasteiger partial charge in [-0.15, -0.1) is 0 Å². The maximum Gasteiger partial charge on any atom is 0.223 e. The maximum absolute atomic E-state index is 12.6. The molecule has 1 fully saturated rings. The van der Waals surface area contributed by atoms with Crippen molar-refractivity contribution >= 4 is 5.91 Å². The van der Waals surface area contributed by atoms with Gasteiger partial charge in [0.1, 0.15) is 0 Å². The van der Waals surface area contributed by atoms with Crippen molar-refractivity contribution in [1.29, 1.82) is 5.26 Å². The first-order chi connectivity index (χ1) is 13.3. The molecule has 1 N–H and O–H groups in total. The SMILES string of the molecule is COC1CCC(C(=O)NCCC2(C)c3ccc(C#N)cc3CCC2(C)C)CC1. The molecule has 28 heavy (non-hydrogen) atoms. The lowest BCUT2D eigenvalue weighted by Gasteiger charge is -2.49. The van der Waals surface area contributed by atoms with Gasteiger partial charge in [0.05, 0.1) is 17.7 Å². The third-order valence-electron chi connectivity index (χ3n) is 7.64. The molecule has 2 aliphatic carbocycles. The van der Waals surface area contributed by atoms with E-state index < -0.39 is 0 Å². The summed E-state index contributed by atoms with van der Waals surface area (Å²) in [6.07, 6.45) is 7.16. The van der Waals surface area contributed by atoms with Gasteiger partial charge in [-0.05, 0) is 79.0 Å². The lowest BCUT2D eigenvalue weighted by Crippen LogP contribution is -2.46. The zero-order valence-electron chi connectivity index (χ0n) is 17.8. The summed E-state index contributed by atoms with van der Waals surface area (Å²) in [6, 6.07) is 8.39. The van der Waals surface area contributed by atoms with Crippen molar-refractivity contribution in [2.45, 2.75) is 77.2 Å². The van der Waals surface area contributed by atoms with E-state index in [-0.39, 0.29) is 22.7 Å². The minimum absolute atomic E-state index is 0.0183. The average Bonchev–Trinajstić information content (AvgIpc) is 2.71. The second-order valence-corrected chi connectivity index (χ2v) is 9.45. The molecule has 0 saturated heterocycles. The molecule has 1 atom stereocenters. The van der Waals surface area contributed by atoms with Crippen LogP contribution in [-0.2, 0) is 21.4 Å². The van der Waals surface area contributed by atoms with Crippen LogP contribution in [0.1, 0.15) is 76.0 Å². The van der Waals surface area contributed by atoms with Crippen LogP contribution in [-0.4, -0.2) is 25.7 Å². The Kier molecular flexibility index (Phi) is 6.15. The van der Waals surface area contributed by atoms with Gasteiger partial charge in [0.2, 0.25) is 5.91 Å². The van der Waals surface area contributed by atoms with Crippen LogP contribution in [0.3, 0.4) is 0 Å². The van der Waals surface area contributed by atoms with Crippen molar-refractivity contribution < 1.29 is 9.53 Å². The Hall–Kier alpha value is -1.86. The fourth-order valence-electron chi connectivity index (χ4n) is 5.11. The maximum atomic E-state index is 12.6. The highest BCUT2D eigenvalue weighted by atomic mass is 16.5. The monoisotopic (exact) mass is 382 g/mol.